The van der Waals surface area contributed by atoms with Gasteiger partial charge in [-0.2, -0.15) is 0 Å². The molecule has 0 fully saturated rings. The summed E-state index contributed by atoms with van der Waals surface area (Å²) in [5, 5.41) is 19.4. The number of esters is 2. The summed E-state index contributed by atoms with van der Waals surface area (Å²) in [4.78, 5) is 48.8. The van der Waals surface area contributed by atoms with E-state index in [-0.39, 0.29) is 35.1 Å². The number of carboxylic acids is 2. The molecule has 33 heavy (non-hydrogen) atoms. The number of rotatable bonds is 12. The molecule has 0 aliphatic carbocycles. The maximum Gasteiger partial charge on any atom is 0.338 e. The Balaban J connectivity index is 2.64. The number of hydrogen-bond donors (Lipinski definition) is 2. The summed E-state index contributed by atoms with van der Waals surface area (Å²) in [6, 6.07) is 12.6. The first-order chi connectivity index (χ1) is 15.8. The van der Waals surface area contributed by atoms with E-state index in [9.17, 15) is 24.3 Å². The lowest BCUT2D eigenvalue weighted by Gasteiger charge is -2.33. The molecule has 0 spiro atoms. The molecule has 0 unspecified atom stereocenters. The van der Waals surface area contributed by atoms with Gasteiger partial charge >= 0.3 is 23.9 Å². The number of methoxy groups -OCH3 is 2. The molecule has 2 rings (SSSR count). The van der Waals surface area contributed by atoms with Crippen LogP contribution in [0.25, 0.3) is 0 Å². The fourth-order valence-electron chi connectivity index (χ4n) is 4.06. The number of ether oxygens (including phenoxy) is 2. The molecule has 0 radical (unpaired) electrons. The second-order valence-corrected chi connectivity index (χ2v) is 7.59. The van der Waals surface area contributed by atoms with Crippen LogP contribution in [0.15, 0.2) is 48.5 Å². The lowest BCUT2D eigenvalue weighted by Crippen LogP contribution is -2.40. The van der Waals surface area contributed by atoms with E-state index in [1.807, 2.05) is 0 Å². The van der Waals surface area contributed by atoms with Gasteiger partial charge in [0.2, 0.25) is 0 Å². The van der Waals surface area contributed by atoms with Crippen molar-refractivity contribution in [2.45, 2.75) is 43.9 Å². The van der Waals surface area contributed by atoms with Gasteiger partial charge in [0, 0.05) is 6.42 Å². The van der Waals surface area contributed by atoms with E-state index in [0.29, 0.717) is 25.7 Å². The van der Waals surface area contributed by atoms with Crippen molar-refractivity contribution in [1.29, 1.82) is 0 Å². The highest BCUT2D eigenvalue weighted by molar-refractivity contribution is 5.99. The molecule has 8 nitrogen and oxygen atoms in total. The molecule has 0 aromatic heterocycles. The highest BCUT2D eigenvalue weighted by atomic mass is 16.5. The van der Waals surface area contributed by atoms with Gasteiger partial charge in [-0.3, -0.25) is 9.59 Å². The average Bonchev–Trinajstić information content (AvgIpc) is 2.82. The summed E-state index contributed by atoms with van der Waals surface area (Å²) < 4.78 is 9.77. The maximum atomic E-state index is 13.0. The van der Waals surface area contributed by atoms with Crippen molar-refractivity contribution >= 4 is 23.9 Å². The van der Waals surface area contributed by atoms with Gasteiger partial charge in [-0.05, 0) is 36.1 Å². The van der Waals surface area contributed by atoms with Crippen LogP contribution in [0.5, 0.6) is 0 Å². The zero-order valence-corrected chi connectivity index (χ0v) is 18.7. The monoisotopic (exact) mass is 456 g/mol. The SMILES string of the molecule is COC(=O)c1ccccc1C(CCCCCCC(=O)O)(C(=O)O)c1ccccc1C(=O)OC. The van der Waals surface area contributed by atoms with Gasteiger partial charge in [0.15, 0.2) is 0 Å². The first-order valence-corrected chi connectivity index (χ1v) is 10.6. The smallest absolute Gasteiger partial charge is 0.338 e. The van der Waals surface area contributed by atoms with Gasteiger partial charge in [-0.25, -0.2) is 9.59 Å². The molecule has 2 N–H and O–H groups in total. The number of hydrogen-bond acceptors (Lipinski definition) is 6. The molecule has 2 aromatic rings. The Morgan fingerprint density at radius 1 is 0.727 bits per heavy atom. The largest absolute Gasteiger partial charge is 0.481 e. The van der Waals surface area contributed by atoms with Crippen LogP contribution < -0.4 is 0 Å². The van der Waals surface area contributed by atoms with Crippen LogP contribution in [0, 0.1) is 0 Å². The van der Waals surface area contributed by atoms with Crippen molar-refractivity contribution in [3.8, 4) is 0 Å². The Morgan fingerprint density at radius 2 is 1.18 bits per heavy atom. The van der Waals surface area contributed by atoms with Crippen LogP contribution in [-0.2, 0) is 24.5 Å². The van der Waals surface area contributed by atoms with Gasteiger partial charge in [0.05, 0.1) is 25.3 Å². The number of benzene rings is 2. The molecule has 0 saturated carbocycles. The molecule has 0 aliphatic heterocycles. The summed E-state index contributed by atoms with van der Waals surface area (Å²) >= 11 is 0. The number of unbranched alkanes of at least 4 members (excludes halogenated alkanes) is 3. The van der Waals surface area contributed by atoms with Crippen LogP contribution in [0.4, 0.5) is 0 Å². The minimum Gasteiger partial charge on any atom is -0.481 e. The normalized spacial score (nSPS) is 11.0. The number of carboxylic acid groups (broad SMARTS) is 2. The average molecular weight is 456 g/mol. The lowest BCUT2D eigenvalue weighted by molar-refractivity contribution is -0.142. The van der Waals surface area contributed by atoms with Gasteiger partial charge in [-0.1, -0.05) is 55.7 Å². The van der Waals surface area contributed by atoms with Crippen molar-refractivity contribution in [3.63, 3.8) is 0 Å². The predicted molar refractivity (Wildman–Crippen MR) is 119 cm³/mol. The van der Waals surface area contributed by atoms with E-state index < -0.39 is 29.3 Å². The number of carbonyl (C=O) groups is 4. The summed E-state index contributed by atoms with van der Waals surface area (Å²) in [5.74, 6) is -3.48. The molecule has 0 amide bonds. The highest BCUT2D eigenvalue weighted by Gasteiger charge is 2.46. The van der Waals surface area contributed by atoms with Crippen LogP contribution in [0.1, 0.15) is 70.4 Å². The summed E-state index contributed by atoms with van der Waals surface area (Å²) in [7, 11) is 2.43. The Morgan fingerprint density at radius 3 is 1.61 bits per heavy atom. The van der Waals surface area contributed by atoms with Crippen molar-refractivity contribution in [2.75, 3.05) is 14.2 Å². The van der Waals surface area contributed by atoms with E-state index in [4.69, 9.17) is 14.6 Å². The van der Waals surface area contributed by atoms with Gasteiger partial charge in [0.1, 0.15) is 5.41 Å². The molecule has 0 saturated heterocycles. The fraction of sp³-hybridized carbons (Fsp3) is 0.360. The summed E-state index contributed by atoms with van der Waals surface area (Å²) in [6.07, 6.45) is 2.23. The second-order valence-electron chi connectivity index (χ2n) is 7.59. The topological polar surface area (TPSA) is 127 Å². The van der Waals surface area contributed by atoms with E-state index >= 15 is 0 Å². The van der Waals surface area contributed by atoms with Crippen molar-refractivity contribution in [2.24, 2.45) is 0 Å². The standard InChI is InChI=1S/C25H28O8/c1-32-22(28)17-11-6-8-13-19(17)25(24(30)31,16-10-4-3-5-15-21(26)27)20-14-9-7-12-18(20)23(29)33-2/h6-9,11-14H,3-5,10,15-16H2,1-2H3,(H,26,27)(H,30,31). The van der Waals surface area contributed by atoms with E-state index in [0.717, 1.165) is 0 Å². The first-order valence-electron chi connectivity index (χ1n) is 10.6. The van der Waals surface area contributed by atoms with Crippen molar-refractivity contribution in [1.82, 2.24) is 0 Å². The zero-order valence-electron chi connectivity index (χ0n) is 18.7. The third-order valence-electron chi connectivity index (χ3n) is 5.64. The highest BCUT2D eigenvalue weighted by Crippen LogP contribution is 2.41. The van der Waals surface area contributed by atoms with Gasteiger partial charge in [-0.15, -0.1) is 0 Å². The van der Waals surface area contributed by atoms with Crippen LogP contribution in [0.3, 0.4) is 0 Å². The fourth-order valence-corrected chi connectivity index (χ4v) is 4.06. The Kier molecular flexibility index (Phi) is 9.15. The lowest BCUT2D eigenvalue weighted by atomic mass is 9.68. The molecule has 0 heterocycles. The minimum absolute atomic E-state index is 0.0421. The number of carbonyl (C=O) groups excluding carboxylic acids is 2. The second kappa shape index (κ2) is 11.8. The van der Waals surface area contributed by atoms with Crippen molar-refractivity contribution < 1.29 is 38.9 Å². The molecule has 0 atom stereocenters. The molecule has 176 valence electrons. The molecule has 0 bridgehead atoms. The van der Waals surface area contributed by atoms with Gasteiger partial charge < -0.3 is 19.7 Å². The van der Waals surface area contributed by atoms with E-state index in [2.05, 4.69) is 0 Å². The van der Waals surface area contributed by atoms with Gasteiger partial charge in [0.25, 0.3) is 0 Å². The molecule has 2 aromatic carbocycles. The van der Waals surface area contributed by atoms with Crippen LogP contribution >= 0.6 is 0 Å². The quantitative estimate of drug-likeness (QED) is 0.362. The third-order valence-corrected chi connectivity index (χ3v) is 5.64. The third kappa shape index (κ3) is 5.77. The van der Waals surface area contributed by atoms with Crippen molar-refractivity contribution in [3.05, 3.63) is 70.8 Å². The molecule has 8 heteroatoms. The molecular weight excluding hydrogens is 428 g/mol. The zero-order chi connectivity index (χ0) is 24.4. The maximum absolute atomic E-state index is 13.0. The Labute approximate surface area is 192 Å². The Hall–Kier alpha value is -3.68. The first kappa shape index (κ1) is 25.6. The molecule has 0 aliphatic rings. The number of aliphatic carboxylic acids is 2. The van der Waals surface area contributed by atoms with E-state index in [1.54, 1.807) is 36.4 Å². The summed E-state index contributed by atoms with van der Waals surface area (Å²) in [6.45, 7) is 0. The van der Waals surface area contributed by atoms with E-state index in [1.165, 1.54) is 26.4 Å². The predicted octanol–water partition coefficient (Wildman–Crippen LogP) is 4.06. The van der Waals surface area contributed by atoms with Crippen LogP contribution in [-0.4, -0.2) is 48.3 Å². The minimum atomic E-state index is -1.73. The molecular formula is C25H28O8. The van der Waals surface area contributed by atoms with Crippen LogP contribution in [0.2, 0.25) is 0 Å². The summed E-state index contributed by atoms with van der Waals surface area (Å²) in [5.41, 5.74) is -1.12. The Bertz CT molecular complexity index is 951.